The molecule has 0 spiro atoms. The van der Waals surface area contributed by atoms with Crippen molar-refractivity contribution in [3.63, 3.8) is 0 Å². The van der Waals surface area contributed by atoms with Crippen molar-refractivity contribution in [1.29, 1.82) is 0 Å². The smallest absolute Gasteiger partial charge is 0.315 e. The first-order valence-electron chi connectivity index (χ1n) is 7.63. The molecule has 1 atom stereocenters. The van der Waals surface area contributed by atoms with Crippen LogP contribution in [-0.4, -0.2) is 38.6 Å². The lowest BCUT2D eigenvalue weighted by Gasteiger charge is -2.16. The number of amides is 3. The first kappa shape index (κ1) is 18.7. The fraction of sp³-hybridized carbons (Fsp3) is 0.500. The Morgan fingerprint density at radius 2 is 1.96 bits per heavy atom. The molecular weight excluding hydrogens is 299 g/mol. The molecule has 3 N–H and O–H groups in total. The summed E-state index contributed by atoms with van der Waals surface area (Å²) in [5.41, 5.74) is 1.13. The van der Waals surface area contributed by atoms with E-state index in [9.17, 15) is 14.0 Å². The minimum absolute atomic E-state index is 0.180. The maximum Gasteiger partial charge on any atom is 0.315 e. The summed E-state index contributed by atoms with van der Waals surface area (Å²) >= 11 is 0. The van der Waals surface area contributed by atoms with E-state index >= 15 is 0 Å². The number of nitrogens with one attached hydrogen (secondary N) is 3. The molecule has 0 saturated heterocycles. The monoisotopic (exact) mass is 324 g/mol. The maximum absolute atomic E-state index is 13.8. The molecule has 0 radical (unpaired) electrons. The van der Waals surface area contributed by atoms with Gasteiger partial charge in [0.25, 0.3) is 0 Å². The average molecular weight is 324 g/mol. The lowest BCUT2D eigenvalue weighted by molar-refractivity contribution is -0.122. The molecule has 1 rings (SSSR count). The fourth-order valence-corrected chi connectivity index (χ4v) is 1.92. The van der Waals surface area contributed by atoms with E-state index in [2.05, 4.69) is 16.0 Å². The second kappa shape index (κ2) is 8.97. The van der Waals surface area contributed by atoms with Crippen LogP contribution in [0.5, 0.6) is 0 Å². The molecule has 1 aromatic carbocycles. The van der Waals surface area contributed by atoms with Gasteiger partial charge in [-0.25, -0.2) is 9.18 Å². The van der Waals surface area contributed by atoms with Gasteiger partial charge in [-0.05, 0) is 31.0 Å². The van der Waals surface area contributed by atoms with Crippen LogP contribution in [0, 0.1) is 5.82 Å². The highest BCUT2D eigenvalue weighted by Crippen LogP contribution is 2.18. The fourth-order valence-electron chi connectivity index (χ4n) is 1.92. The van der Waals surface area contributed by atoms with Crippen molar-refractivity contribution in [1.82, 2.24) is 16.0 Å². The van der Waals surface area contributed by atoms with Gasteiger partial charge in [0.15, 0.2) is 0 Å². The Balaban J connectivity index is 2.47. The van der Waals surface area contributed by atoms with Crippen molar-refractivity contribution in [3.8, 4) is 0 Å². The number of rotatable bonds is 7. The van der Waals surface area contributed by atoms with Gasteiger partial charge in [0.2, 0.25) is 5.91 Å². The van der Waals surface area contributed by atoms with Crippen molar-refractivity contribution >= 4 is 17.6 Å². The predicted molar refractivity (Wildman–Crippen MR) is 88.9 cm³/mol. The largest absolute Gasteiger partial charge is 0.375 e. The molecule has 0 bridgehead atoms. The van der Waals surface area contributed by atoms with Crippen LogP contribution >= 0.6 is 0 Å². The highest BCUT2D eigenvalue weighted by atomic mass is 19.1. The van der Waals surface area contributed by atoms with Gasteiger partial charge in [-0.2, -0.15) is 0 Å². The summed E-state index contributed by atoms with van der Waals surface area (Å²) in [5.74, 6) is -0.578. The number of nitrogens with zero attached hydrogens (tertiary/aromatic N) is 1. The number of hydrogen-bond donors (Lipinski definition) is 3. The Labute approximate surface area is 136 Å². The molecule has 0 aliphatic rings. The van der Waals surface area contributed by atoms with Crippen LogP contribution in [0.1, 0.15) is 25.8 Å². The zero-order chi connectivity index (χ0) is 17.4. The molecule has 6 nitrogen and oxygen atoms in total. The zero-order valence-electron chi connectivity index (χ0n) is 14.1. The highest BCUT2D eigenvalue weighted by molar-refractivity contribution is 5.86. The molecule has 3 amide bonds. The van der Waals surface area contributed by atoms with E-state index in [0.717, 1.165) is 6.42 Å². The molecule has 7 heteroatoms. The van der Waals surface area contributed by atoms with Gasteiger partial charge >= 0.3 is 6.03 Å². The van der Waals surface area contributed by atoms with Crippen molar-refractivity contribution in [2.24, 2.45) is 0 Å². The van der Waals surface area contributed by atoms with Gasteiger partial charge in [-0.3, -0.25) is 4.79 Å². The van der Waals surface area contributed by atoms with E-state index in [0.29, 0.717) is 17.8 Å². The molecule has 1 unspecified atom stereocenters. The Morgan fingerprint density at radius 3 is 2.52 bits per heavy atom. The summed E-state index contributed by atoms with van der Waals surface area (Å²) in [5, 5.41) is 7.85. The van der Waals surface area contributed by atoms with Crippen LogP contribution in [0.4, 0.5) is 14.9 Å². The van der Waals surface area contributed by atoms with Gasteiger partial charge in [0.05, 0.1) is 5.69 Å². The Bertz CT molecular complexity index is 549. The molecule has 0 aliphatic heterocycles. The summed E-state index contributed by atoms with van der Waals surface area (Å²) in [6.07, 6.45) is 0.833. The first-order chi connectivity index (χ1) is 10.8. The third-order valence-corrected chi connectivity index (χ3v) is 3.24. The number of halogens is 1. The van der Waals surface area contributed by atoms with E-state index in [1.165, 1.54) is 6.07 Å². The SMILES string of the molecule is CCCNC(=O)C(C)NC(=O)NCc1ccc(N(C)C)c(F)c1. The molecule has 128 valence electrons. The van der Waals surface area contributed by atoms with E-state index in [4.69, 9.17) is 0 Å². The number of benzene rings is 1. The quantitative estimate of drug-likeness (QED) is 0.713. The number of anilines is 1. The maximum atomic E-state index is 13.8. The normalized spacial score (nSPS) is 11.5. The minimum Gasteiger partial charge on any atom is -0.375 e. The first-order valence-corrected chi connectivity index (χ1v) is 7.63. The summed E-state index contributed by atoms with van der Waals surface area (Å²) in [6.45, 7) is 4.31. The number of carbonyl (C=O) groups is 2. The van der Waals surface area contributed by atoms with Crippen molar-refractivity contribution in [2.45, 2.75) is 32.9 Å². The Morgan fingerprint density at radius 1 is 1.26 bits per heavy atom. The van der Waals surface area contributed by atoms with Crippen LogP contribution in [0.15, 0.2) is 18.2 Å². The van der Waals surface area contributed by atoms with Crippen LogP contribution in [-0.2, 0) is 11.3 Å². The molecule has 0 aromatic heterocycles. The molecule has 0 saturated carbocycles. The van der Waals surface area contributed by atoms with Crippen molar-refractivity contribution in [2.75, 3.05) is 25.5 Å². The third kappa shape index (κ3) is 6.14. The Hall–Kier alpha value is -2.31. The molecular formula is C16H25FN4O2. The Kier molecular flexibility index (Phi) is 7.31. The average Bonchev–Trinajstić information content (AvgIpc) is 2.50. The second-order valence-corrected chi connectivity index (χ2v) is 5.52. The molecule has 23 heavy (non-hydrogen) atoms. The van der Waals surface area contributed by atoms with Crippen LogP contribution < -0.4 is 20.9 Å². The molecule has 0 aliphatic carbocycles. The van der Waals surface area contributed by atoms with Gasteiger partial charge < -0.3 is 20.9 Å². The van der Waals surface area contributed by atoms with E-state index in [1.807, 2.05) is 6.92 Å². The van der Waals surface area contributed by atoms with E-state index in [1.54, 1.807) is 38.1 Å². The van der Waals surface area contributed by atoms with Crippen LogP contribution in [0.25, 0.3) is 0 Å². The van der Waals surface area contributed by atoms with Gasteiger partial charge in [-0.1, -0.05) is 13.0 Å². The molecule has 1 aromatic rings. The second-order valence-electron chi connectivity index (χ2n) is 5.52. The topological polar surface area (TPSA) is 73.5 Å². The predicted octanol–water partition coefficient (Wildman–Crippen LogP) is 1.61. The van der Waals surface area contributed by atoms with E-state index in [-0.39, 0.29) is 18.3 Å². The third-order valence-electron chi connectivity index (χ3n) is 3.24. The molecule has 0 heterocycles. The lowest BCUT2D eigenvalue weighted by Crippen LogP contribution is -2.48. The summed E-state index contributed by atoms with van der Waals surface area (Å²) in [4.78, 5) is 25.1. The van der Waals surface area contributed by atoms with Crippen LogP contribution in [0.2, 0.25) is 0 Å². The van der Waals surface area contributed by atoms with Gasteiger partial charge in [0.1, 0.15) is 11.9 Å². The standard InChI is InChI=1S/C16H25FN4O2/c1-5-8-18-15(22)11(2)20-16(23)19-10-12-6-7-14(21(3)4)13(17)9-12/h6-7,9,11H,5,8,10H2,1-4H3,(H,18,22)(H2,19,20,23). The number of hydrogen-bond acceptors (Lipinski definition) is 3. The van der Waals surface area contributed by atoms with Gasteiger partial charge in [-0.15, -0.1) is 0 Å². The summed E-state index contributed by atoms with van der Waals surface area (Å²) in [6, 6.07) is 3.68. The van der Waals surface area contributed by atoms with Crippen molar-refractivity contribution < 1.29 is 14.0 Å². The highest BCUT2D eigenvalue weighted by Gasteiger charge is 2.14. The summed E-state index contributed by atoms with van der Waals surface area (Å²) < 4.78 is 13.8. The summed E-state index contributed by atoms with van der Waals surface area (Å²) in [7, 11) is 3.52. The van der Waals surface area contributed by atoms with E-state index < -0.39 is 12.1 Å². The van der Waals surface area contributed by atoms with Gasteiger partial charge in [0, 0.05) is 27.2 Å². The van der Waals surface area contributed by atoms with Crippen LogP contribution in [0.3, 0.4) is 0 Å². The van der Waals surface area contributed by atoms with Crippen molar-refractivity contribution in [3.05, 3.63) is 29.6 Å². The minimum atomic E-state index is -0.630. The molecule has 0 fully saturated rings. The lowest BCUT2D eigenvalue weighted by atomic mass is 10.2. The number of urea groups is 1. The number of carbonyl (C=O) groups excluding carboxylic acids is 2. The zero-order valence-corrected chi connectivity index (χ0v) is 14.1.